The summed E-state index contributed by atoms with van der Waals surface area (Å²) in [7, 11) is 1.61. The number of methoxy groups -OCH3 is 1. The fourth-order valence-electron chi connectivity index (χ4n) is 2.92. The van der Waals surface area contributed by atoms with E-state index in [1.165, 1.54) is 0 Å². The molecule has 4 aromatic rings. The summed E-state index contributed by atoms with van der Waals surface area (Å²) in [6.07, 6.45) is 0. The van der Waals surface area contributed by atoms with Crippen LogP contribution < -0.4 is 10.5 Å². The first-order chi connectivity index (χ1) is 12.1. The van der Waals surface area contributed by atoms with Gasteiger partial charge in [0.25, 0.3) is 5.91 Å². The average molecular weight is 332 g/mol. The molecule has 6 nitrogen and oxygen atoms in total. The Morgan fingerprint density at radius 3 is 2.56 bits per heavy atom. The summed E-state index contributed by atoms with van der Waals surface area (Å²) in [5.41, 5.74) is 9.78. The van der Waals surface area contributed by atoms with Crippen molar-refractivity contribution in [3.05, 3.63) is 53.7 Å². The van der Waals surface area contributed by atoms with E-state index in [2.05, 4.69) is 15.0 Å². The van der Waals surface area contributed by atoms with Crippen molar-refractivity contribution in [3.8, 4) is 17.1 Å². The number of H-pyrrole nitrogens is 1. The van der Waals surface area contributed by atoms with Gasteiger partial charge in [-0.3, -0.25) is 4.79 Å². The summed E-state index contributed by atoms with van der Waals surface area (Å²) in [4.78, 5) is 24.2. The number of aromatic amines is 1. The first kappa shape index (κ1) is 15.1. The van der Waals surface area contributed by atoms with Crippen molar-refractivity contribution in [2.75, 3.05) is 7.11 Å². The van der Waals surface area contributed by atoms with Crippen molar-refractivity contribution >= 4 is 27.8 Å². The zero-order valence-corrected chi connectivity index (χ0v) is 13.8. The molecule has 25 heavy (non-hydrogen) atoms. The second-order valence-corrected chi connectivity index (χ2v) is 5.89. The monoisotopic (exact) mass is 332 g/mol. The van der Waals surface area contributed by atoms with Crippen molar-refractivity contribution in [2.24, 2.45) is 5.73 Å². The van der Waals surface area contributed by atoms with Crippen LogP contribution in [0.4, 0.5) is 0 Å². The Bertz CT molecular complexity index is 1110. The molecular weight excluding hydrogens is 316 g/mol. The number of rotatable bonds is 3. The van der Waals surface area contributed by atoms with E-state index in [9.17, 15) is 4.79 Å². The number of carbonyl (C=O) groups excluding carboxylic acids is 1. The molecule has 2 aromatic carbocycles. The first-order valence-corrected chi connectivity index (χ1v) is 7.81. The van der Waals surface area contributed by atoms with Gasteiger partial charge >= 0.3 is 0 Å². The third kappa shape index (κ3) is 2.48. The minimum Gasteiger partial charge on any atom is -0.497 e. The molecule has 0 fully saturated rings. The number of carbonyl (C=O) groups is 1. The van der Waals surface area contributed by atoms with Crippen LogP contribution in [-0.4, -0.2) is 28.0 Å². The number of hydrogen-bond acceptors (Lipinski definition) is 4. The van der Waals surface area contributed by atoms with Gasteiger partial charge in [0.1, 0.15) is 11.3 Å². The van der Waals surface area contributed by atoms with Crippen LogP contribution in [0.15, 0.2) is 42.5 Å². The number of amides is 1. The highest BCUT2D eigenvalue weighted by atomic mass is 16.5. The molecule has 0 unspecified atom stereocenters. The van der Waals surface area contributed by atoms with E-state index >= 15 is 0 Å². The van der Waals surface area contributed by atoms with E-state index in [4.69, 9.17) is 10.5 Å². The Hall–Kier alpha value is -3.41. The number of nitrogens with one attached hydrogen (secondary N) is 1. The van der Waals surface area contributed by atoms with E-state index < -0.39 is 5.91 Å². The second kappa shape index (κ2) is 5.59. The Labute approximate surface area is 143 Å². The maximum Gasteiger partial charge on any atom is 0.269 e. The molecule has 2 aromatic heterocycles. The van der Waals surface area contributed by atoms with Gasteiger partial charge in [-0.25, -0.2) is 9.97 Å². The average Bonchev–Trinajstić information content (AvgIpc) is 2.98. The highest BCUT2D eigenvalue weighted by molar-refractivity contribution is 6.12. The zero-order chi connectivity index (χ0) is 17.6. The lowest BCUT2D eigenvalue weighted by Crippen LogP contribution is -2.14. The molecule has 0 saturated carbocycles. The summed E-state index contributed by atoms with van der Waals surface area (Å²) < 4.78 is 5.17. The summed E-state index contributed by atoms with van der Waals surface area (Å²) >= 11 is 0. The molecule has 0 aliphatic carbocycles. The van der Waals surface area contributed by atoms with Crippen LogP contribution in [0.3, 0.4) is 0 Å². The van der Waals surface area contributed by atoms with Gasteiger partial charge in [-0.05, 0) is 42.8 Å². The van der Waals surface area contributed by atoms with Gasteiger partial charge in [-0.1, -0.05) is 12.1 Å². The summed E-state index contributed by atoms with van der Waals surface area (Å²) in [5, 5.41) is 0.931. The summed E-state index contributed by atoms with van der Waals surface area (Å²) in [6, 6.07) is 13.4. The molecule has 3 N–H and O–H groups in total. The van der Waals surface area contributed by atoms with Gasteiger partial charge < -0.3 is 15.5 Å². The van der Waals surface area contributed by atoms with Crippen molar-refractivity contribution in [1.29, 1.82) is 0 Å². The normalized spacial score (nSPS) is 11.1. The topological polar surface area (TPSA) is 93.9 Å². The molecule has 6 heteroatoms. The number of aryl methyl sites for hydroxylation is 1. The maximum absolute atomic E-state index is 11.9. The molecule has 0 spiro atoms. The molecule has 4 rings (SSSR count). The third-order valence-corrected chi connectivity index (χ3v) is 4.18. The van der Waals surface area contributed by atoms with Crippen LogP contribution in [0.1, 0.15) is 16.1 Å². The lowest BCUT2D eigenvalue weighted by atomic mass is 10.1. The third-order valence-electron chi connectivity index (χ3n) is 4.18. The van der Waals surface area contributed by atoms with Crippen LogP contribution in [0.5, 0.6) is 5.75 Å². The largest absolute Gasteiger partial charge is 0.497 e. The summed E-state index contributed by atoms with van der Waals surface area (Å²) in [6.45, 7) is 2.01. The van der Waals surface area contributed by atoms with Gasteiger partial charge in [-0.2, -0.15) is 0 Å². The number of ether oxygens (including phenoxy) is 1. The van der Waals surface area contributed by atoms with Gasteiger partial charge in [0.2, 0.25) is 0 Å². The van der Waals surface area contributed by atoms with Gasteiger partial charge in [0.05, 0.1) is 12.6 Å². The molecular formula is C19H16N4O2. The van der Waals surface area contributed by atoms with Crippen molar-refractivity contribution in [3.63, 3.8) is 0 Å². The van der Waals surface area contributed by atoms with Crippen LogP contribution >= 0.6 is 0 Å². The van der Waals surface area contributed by atoms with Crippen LogP contribution in [0, 0.1) is 6.92 Å². The predicted molar refractivity (Wildman–Crippen MR) is 96.6 cm³/mol. The fraction of sp³-hybridized carbons (Fsp3) is 0.105. The number of aromatic nitrogens is 3. The molecule has 0 bridgehead atoms. The zero-order valence-electron chi connectivity index (χ0n) is 13.8. The lowest BCUT2D eigenvalue weighted by Gasteiger charge is -2.05. The Balaban J connectivity index is 2.02. The number of nitrogens with zero attached hydrogens (tertiary/aromatic N) is 2. The number of nitrogens with two attached hydrogens (primary N) is 1. The van der Waals surface area contributed by atoms with E-state index in [1.54, 1.807) is 7.11 Å². The van der Waals surface area contributed by atoms with Crippen LogP contribution in [0.25, 0.3) is 33.3 Å². The van der Waals surface area contributed by atoms with Crippen molar-refractivity contribution in [2.45, 2.75) is 6.92 Å². The van der Waals surface area contributed by atoms with Crippen molar-refractivity contribution in [1.82, 2.24) is 15.0 Å². The quantitative estimate of drug-likeness (QED) is 0.602. The molecule has 124 valence electrons. The van der Waals surface area contributed by atoms with Crippen molar-refractivity contribution < 1.29 is 9.53 Å². The first-order valence-electron chi connectivity index (χ1n) is 7.81. The molecule has 0 saturated heterocycles. The lowest BCUT2D eigenvalue weighted by molar-refractivity contribution is 0.0997. The molecule has 2 heterocycles. The number of fused-ring (bicyclic) bond motifs is 3. The summed E-state index contributed by atoms with van der Waals surface area (Å²) in [5.74, 6) is 0.596. The predicted octanol–water partition coefficient (Wildman–Crippen LogP) is 3.19. The molecule has 1 amide bonds. The SMILES string of the molecule is COc1ccc(-c2nc(C(N)=O)c3[nH]c4cc(C)ccc4c3n2)cc1. The fourth-order valence-corrected chi connectivity index (χ4v) is 2.92. The maximum atomic E-state index is 11.9. The van der Waals surface area contributed by atoms with E-state index in [1.807, 2.05) is 49.4 Å². The minimum atomic E-state index is -0.592. The van der Waals surface area contributed by atoms with E-state index in [0.29, 0.717) is 16.9 Å². The van der Waals surface area contributed by atoms with E-state index in [-0.39, 0.29) is 5.69 Å². The number of benzene rings is 2. The van der Waals surface area contributed by atoms with Gasteiger partial charge in [-0.15, -0.1) is 0 Å². The number of primary amides is 1. The van der Waals surface area contributed by atoms with E-state index in [0.717, 1.165) is 27.8 Å². The minimum absolute atomic E-state index is 0.185. The van der Waals surface area contributed by atoms with Gasteiger partial charge in [0, 0.05) is 16.5 Å². The number of hydrogen-bond donors (Lipinski definition) is 2. The van der Waals surface area contributed by atoms with Crippen LogP contribution in [-0.2, 0) is 0 Å². The molecule has 0 aliphatic heterocycles. The molecule has 0 radical (unpaired) electrons. The smallest absolute Gasteiger partial charge is 0.269 e. The van der Waals surface area contributed by atoms with Gasteiger partial charge in [0.15, 0.2) is 11.5 Å². The Morgan fingerprint density at radius 2 is 1.88 bits per heavy atom. The highest BCUT2D eigenvalue weighted by Crippen LogP contribution is 2.29. The highest BCUT2D eigenvalue weighted by Gasteiger charge is 2.17. The molecule has 0 aliphatic rings. The Kier molecular flexibility index (Phi) is 3.39. The standard InChI is InChI=1S/C19H16N4O2/c1-10-3-8-13-14(9-10)21-16-15(13)22-19(23-17(16)18(20)24)11-4-6-12(25-2)7-5-11/h3-9,21H,1-2H3,(H2,20,24). The second-order valence-electron chi connectivity index (χ2n) is 5.89. The molecule has 0 atom stereocenters. The Morgan fingerprint density at radius 1 is 1.12 bits per heavy atom. The van der Waals surface area contributed by atoms with Crippen LogP contribution in [0.2, 0.25) is 0 Å².